The molecule has 144 valence electrons. The molecule has 0 N–H and O–H groups in total. The largest absolute Gasteiger partial charge is 0.496 e. The summed E-state index contributed by atoms with van der Waals surface area (Å²) in [5, 5.41) is 0. The average Bonchev–Trinajstić information content (AvgIpc) is 3.41. The SMILES string of the molecule is COc1ccc2c3c1CC1=CCCC1Cc1c(OC)ccc4c1[C@@]3(CC2)CC4. The van der Waals surface area contributed by atoms with Crippen LogP contribution in [0.4, 0.5) is 0 Å². The van der Waals surface area contributed by atoms with Crippen LogP contribution in [0.5, 0.6) is 11.5 Å². The van der Waals surface area contributed by atoms with Crippen molar-refractivity contribution >= 4 is 0 Å². The lowest BCUT2D eigenvalue weighted by Crippen LogP contribution is -2.24. The molecule has 2 atom stereocenters. The zero-order chi connectivity index (χ0) is 18.9. The lowest BCUT2D eigenvalue weighted by Gasteiger charge is -2.31. The number of benzene rings is 2. The first kappa shape index (κ1) is 16.7. The maximum Gasteiger partial charge on any atom is 0.122 e. The number of methoxy groups -OCH3 is 2. The topological polar surface area (TPSA) is 18.5 Å². The molecule has 6 rings (SSSR count). The van der Waals surface area contributed by atoms with E-state index in [0.717, 1.165) is 24.3 Å². The summed E-state index contributed by atoms with van der Waals surface area (Å²) in [6.07, 6.45) is 12.0. The summed E-state index contributed by atoms with van der Waals surface area (Å²) in [4.78, 5) is 0. The Balaban J connectivity index is 1.72. The summed E-state index contributed by atoms with van der Waals surface area (Å²) in [5.41, 5.74) is 11.1. The van der Waals surface area contributed by atoms with Crippen LogP contribution in [-0.2, 0) is 31.1 Å². The van der Waals surface area contributed by atoms with E-state index in [9.17, 15) is 0 Å². The highest BCUT2D eigenvalue weighted by Gasteiger charge is 2.49. The van der Waals surface area contributed by atoms with E-state index in [-0.39, 0.29) is 5.41 Å². The van der Waals surface area contributed by atoms with Crippen LogP contribution in [0.2, 0.25) is 0 Å². The van der Waals surface area contributed by atoms with Gasteiger partial charge in [-0.3, -0.25) is 0 Å². The summed E-state index contributed by atoms with van der Waals surface area (Å²) in [5.74, 6) is 2.83. The van der Waals surface area contributed by atoms with Gasteiger partial charge in [0.15, 0.2) is 0 Å². The minimum absolute atomic E-state index is 0.164. The Morgan fingerprint density at radius 3 is 2.18 bits per heavy atom. The van der Waals surface area contributed by atoms with E-state index in [1.807, 2.05) is 14.2 Å². The summed E-state index contributed by atoms with van der Waals surface area (Å²) in [7, 11) is 3.68. The number of aryl methyl sites for hydroxylation is 2. The molecule has 0 heterocycles. The minimum atomic E-state index is 0.164. The molecule has 2 aromatic carbocycles. The summed E-state index contributed by atoms with van der Waals surface area (Å²) >= 11 is 0. The number of hydrogen-bond acceptors (Lipinski definition) is 2. The van der Waals surface area contributed by atoms with Gasteiger partial charge in [0.1, 0.15) is 11.5 Å². The van der Waals surface area contributed by atoms with Crippen molar-refractivity contribution in [3.05, 3.63) is 69.3 Å². The Labute approximate surface area is 167 Å². The normalized spacial score (nSPS) is 26.5. The van der Waals surface area contributed by atoms with Gasteiger partial charge in [-0.05, 0) is 97.2 Å². The molecule has 0 fully saturated rings. The second-order valence-electron chi connectivity index (χ2n) is 9.08. The zero-order valence-electron chi connectivity index (χ0n) is 16.9. The Hall–Kier alpha value is -2.22. The maximum atomic E-state index is 5.92. The average molecular weight is 373 g/mol. The number of ether oxygens (including phenoxy) is 2. The predicted octanol–water partition coefficient (Wildman–Crippen LogP) is 5.32. The van der Waals surface area contributed by atoms with Gasteiger partial charge in [0.05, 0.1) is 14.2 Å². The number of allylic oxidation sites excluding steroid dienone is 2. The van der Waals surface area contributed by atoms with Gasteiger partial charge in [0.2, 0.25) is 0 Å². The fraction of sp³-hybridized carbons (Fsp3) is 0.462. The molecule has 0 bridgehead atoms. The highest BCUT2D eigenvalue weighted by Crippen LogP contribution is 2.58. The van der Waals surface area contributed by atoms with E-state index < -0.39 is 0 Å². The third-order valence-electron chi connectivity index (χ3n) is 8.03. The van der Waals surface area contributed by atoms with Crippen LogP contribution in [0.15, 0.2) is 35.9 Å². The highest BCUT2D eigenvalue weighted by molar-refractivity contribution is 5.65. The number of fused-ring (bicyclic) bond motifs is 1. The first-order valence-electron chi connectivity index (χ1n) is 10.8. The lowest BCUT2D eigenvalue weighted by molar-refractivity contribution is 0.402. The van der Waals surface area contributed by atoms with Gasteiger partial charge >= 0.3 is 0 Å². The molecule has 2 heteroatoms. The van der Waals surface area contributed by atoms with Crippen molar-refractivity contribution in [3.63, 3.8) is 0 Å². The Kier molecular flexibility index (Phi) is 3.51. The molecule has 0 aromatic heterocycles. The van der Waals surface area contributed by atoms with Crippen LogP contribution in [-0.4, -0.2) is 14.2 Å². The van der Waals surface area contributed by atoms with E-state index >= 15 is 0 Å². The number of rotatable bonds is 2. The minimum Gasteiger partial charge on any atom is -0.496 e. The van der Waals surface area contributed by atoms with E-state index in [4.69, 9.17) is 9.47 Å². The van der Waals surface area contributed by atoms with Gasteiger partial charge < -0.3 is 9.47 Å². The molecular formula is C26H28O2. The summed E-state index contributed by atoms with van der Waals surface area (Å²) in [6, 6.07) is 9.12. The van der Waals surface area contributed by atoms with Crippen molar-refractivity contribution in [2.24, 2.45) is 5.92 Å². The molecule has 2 aromatic rings. The monoisotopic (exact) mass is 372 g/mol. The van der Waals surface area contributed by atoms with Crippen LogP contribution in [0.25, 0.3) is 0 Å². The lowest BCUT2D eigenvalue weighted by atomic mass is 9.72. The van der Waals surface area contributed by atoms with Crippen LogP contribution in [0, 0.1) is 5.92 Å². The maximum absolute atomic E-state index is 5.92. The van der Waals surface area contributed by atoms with Gasteiger partial charge in [0, 0.05) is 11.0 Å². The third kappa shape index (κ3) is 2.04. The molecule has 0 saturated carbocycles. The molecule has 0 saturated heterocycles. The van der Waals surface area contributed by atoms with Gasteiger partial charge in [-0.15, -0.1) is 0 Å². The first-order valence-corrected chi connectivity index (χ1v) is 10.8. The Morgan fingerprint density at radius 1 is 0.857 bits per heavy atom. The molecule has 0 amide bonds. The van der Waals surface area contributed by atoms with Crippen LogP contribution in [0.3, 0.4) is 0 Å². The fourth-order valence-corrected chi connectivity index (χ4v) is 6.89. The molecular weight excluding hydrogens is 344 g/mol. The molecule has 1 unspecified atom stereocenters. The summed E-state index contributed by atoms with van der Waals surface area (Å²) in [6.45, 7) is 0. The highest BCUT2D eigenvalue weighted by atomic mass is 16.5. The van der Waals surface area contributed by atoms with E-state index in [1.165, 1.54) is 49.7 Å². The zero-order valence-corrected chi connectivity index (χ0v) is 16.9. The van der Waals surface area contributed by atoms with Gasteiger partial charge in [-0.1, -0.05) is 23.8 Å². The summed E-state index contributed by atoms with van der Waals surface area (Å²) < 4.78 is 11.8. The van der Waals surface area contributed by atoms with Crippen molar-refractivity contribution in [1.29, 1.82) is 0 Å². The fourth-order valence-electron chi connectivity index (χ4n) is 6.89. The predicted molar refractivity (Wildman–Crippen MR) is 112 cm³/mol. The van der Waals surface area contributed by atoms with E-state index in [2.05, 4.69) is 30.3 Å². The molecule has 28 heavy (non-hydrogen) atoms. The second-order valence-corrected chi connectivity index (χ2v) is 9.08. The van der Waals surface area contributed by atoms with Gasteiger partial charge in [-0.25, -0.2) is 0 Å². The quantitative estimate of drug-likeness (QED) is 0.665. The van der Waals surface area contributed by atoms with E-state index in [0.29, 0.717) is 5.92 Å². The van der Waals surface area contributed by atoms with Crippen LogP contribution < -0.4 is 9.47 Å². The molecule has 4 aliphatic rings. The number of hydrogen-bond donors (Lipinski definition) is 0. The molecule has 0 radical (unpaired) electrons. The van der Waals surface area contributed by atoms with Crippen molar-refractivity contribution in [1.82, 2.24) is 0 Å². The van der Waals surface area contributed by atoms with E-state index in [1.54, 1.807) is 27.8 Å². The second kappa shape index (κ2) is 5.89. The Bertz CT molecular complexity index is 1010. The molecule has 2 nitrogen and oxygen atoms in total. The third-order valence-corrected chi connectivity index (χ3v) is 8.03. The van der Waals surface area contributed by atoms with Crippen LogP contribution >= 0.6 is 0 Å². The van der Waals surface area contributed by atoms with Crippen LogP contribution in [0.1, 0.15) is 59.1 Å². The molecule has 1 spiro atoms. The van der Waals surface area contributed by atoms with Gasteiger partial charge in [0.25, 0.3) is 0 Å². The standard InChI is InChI=1S/C26H28O2/c1-27-22-8-6-16-10-12-26-13-11-17-7-9-23(28-2)21(25(17)26)15-19-5-3-4-18(19)14-20(22)24(16)26/h4,6-9,19H,3,5,10-15H2,1-2H3/t19?,26-/m0/s1. The van der Waals surface area contributed by atoms with Gasteiger partial charge in [-0.2, -0.15) is 0 Å². The molecule has 4 aliphatic carbocycles. The smallest absolute Gasteiger partial charge is 0.122 e. The Morgan fingerprint density at radius 2 is 1.50 bits per heavy atom. The van der Waals surface area contributed by atoms with Crippen molar-refractivity contribution in [2.75, 3.05) is 14.2 Å². The van der Waals surface area contributed by atoms with Crippen molar-refractivity contribution in [2.45, 2.75) is 56.8 Å². The van der Waals surface area contributed by atoms with Crippen molar-refractivity contribution in [3.8, 4) is 11.5 Å². The first-order chi connectivity index (χ1) is 13.7. The molecule has 0 aliphatic heterocycles. The van der Waals surface area contributed by atoms with Crippen molar-refractivity contribution < 1.29 is 9.47 Å².